The van der Waals surface area contributed by atoms with E-state index in [2.05, 4.69) is 32.6 Å². The van der Waals surface area contributed by atoms with Gasteiger partial charge in [-0.25, -0.2) is 4.39 Å². The smallest absolute Gasteiger partial charge is 0.150 e. The molecule has 0 saturated heterocycles. The van der Waals surface area contributed by atoms with E-state index in [1.807, 2.05) is 0 Å². The number of hydrogen-bond acceptors (Lipinski definition) is 2. The number of carbonyl (C=O) groups is 1. The number of nitrogens with zero attached hydrogens (tertiary/aromatic N) is 1. The molecular formula is C15H22FNO. The van der Waals surface area contributed by atoms with E-state index in [4.69, 9.17) is 0 Å². The maximum atomic E-state index is 13.5. The van der Waals surface area contributed by atoms with E-state index in [0.717, 1.165) is 18.8 Å². The fourth-order valence-corrected chi connectivity index (χ4v) is 2.01. The predicted molar refractivity (Wildman–Crippen MR) is 73.7 cm³/mol. The van der Waals surface area contributed by atoms with E-state index < -0.39 is 0 Å². The summed E-state index contributed by atoms with van der Waals surface area (Å²) in [6.45, 7) is 10.3. The highest BCUT2D eigenvalue weighted by atomic mass is 19.1. The van der Waals surface area contributed by atoms with Gasteiger partial charge in [-0.3, -0.25) is 4.79 Å². The highest BCUT2D eigenvalue weighted by Gasteiger charge is 2.12. The molecular weight excluding hydrogens is 229 g/mol. The van der Waals surface area contributed by atoms with Crippen LogP contribution < -0.4 is 4.90 Å². The van der Waals surface area contributed by atoms with Crippen molar-refractivity contribution in [2.24, 2.45) is 11.8 Å². The Bertz CT molecular complexity index is 391. The molecule has 2 nitrogen and oxygen atoms in total. The summed E-state index contributed by atoms with van der Waals surface area (Å²) in [4.78, 5) is 12.9. The van der Waals surface area contributed by atoms with E-state index in [9.17, 15) is 9.18 Å². The topological polar surface area (TPSA) is 20.3 Å². The van der Waals surface area contributed by atoms with Crippen molar-refractivity contribution in [3.8, 4) is 0 Å². The van der Waals surface area contributed by atoms with Crippen molar-refractivity contribution in [3.05, 3.63) is 29.6 Å². The molecule has 0 bridgehead atoms. The second kappa shape index (κ2) is 6.53. The second-order valence-corrected chi connectivity index (χ2v) is 5.55. The second-order valence-electron chi connectivity index (χ2n) is 5.55. The molecule has 1 rings (SSSR count). The molecule has 0 aliphatic rings. The van der Waals surface area contributed by atoms with Crippen molar-refractivity contribution in [1.82, 2.24) is 0 Å². The quantitative estimate of drug-likeness (QED) is 0.717. The van der Waals surface area contributed by atoms with Gasteiger partial charge in [0.2, 0.25) is 0 Å². The average molecular weight is 251 g/mol. The molecule has 0 unspecified atom stereocenters. The molecule has 0 aliphatic carbocycles. The summed E-state index contributed by atoms with van der Waals surface area (Å²) < 4.78 is 13.5. The SMILES string of the molecule is CC(C)CN(CC(C)C)c1cc(F)cc(C=O)c1. The third kappa shape index (κ3) is 4.47. The van der Waals surface area contributed by atoms with E-state index in [1.54, 1.807) is 6.07 Å². The standard InChI is InChI=1S/C15H22FNO/c1-11(2)8-17(9-12(3)4)15-6-13(10-18)5-14(16)7-15/h5-7,10-12H,8-9H2,1-4H3. The van der Waals surface area contributed by atoms with E-state index in [0.29, 0.717) is 23.7 Å². The molecule has 0 amide bonds. The number of rotatable bonds is 6. The van der Waals surface area contributed by atoms with Gasteiger partial charge in [0.1, 0.15) is 12.1 Å². The van der Waals surface area contributed by atoms with Crippen LogP contribution >= 0.6 is 0 Å². The predicted octanol–water partition coefficient (Wildman–Crippen LogP) is 3.76. The zero-order chi connectivity index (χ0) is 13.7. The minimum atomic E-state index is -0.355. The first-order chi connectivity index (χ1) is 8.42. The van der Waals surface area contributed by atoms with Crippen LogP contribution in [0.4, 0.5) is 10.1 Å². The summed E-state index contributed by atoms with van der Waals surface area (Å²) in [5.74, 6) is 0.630. The van der Waals surface area contributed by atoms with Crippen LogP contribution in [0, 0.1) is 17.7 Å². The van der Waals surface area contributed by atoms with Gasteiger partial charge in [0.15, 0.2) is 0 Å². The van der Waals surface area contributed by atoms with Gasteiger partial charge in [-0.2, -0.15) is 0 Å². The fourth-order valence-electron chi connectivity index (χ4n) is 2.01. The molecule has 0 radical (unpaired) electrons. The molecule has 1 aromatic rings. The fraction of sp³-hybridized carbons (Fsp3) is 0.533. The Balaban J connectivity index is 3.02. The lowest BCUT2D eigenvalue weighted by Crippen LogP contribution is -2.31. The Kier molecular flexibility index (Phi) is 5.32. The summed E-state index contributed by atoms with van der Waals surface area (Å²) in [5.41, 5.74) is 1.18. The van der Waals surface area contributed by atoms with Crippen molar-refractivity contribution in [2.75, 3.05) is 18.0 Å². The Labute approximate surface area is 109 Å². The van der Waals surface area contributed by atoms with Gasteiger partial charge in [-0.1, -0.05) is 27.7 Å². The minimum Gasteiger partial charge on any atom is -0.371 e. The van der Waals surface area contributed by atoms with Gasteiger partial charge >= 0.3 is 0 Å². The highest BCUT2D eigenvalue weighted by molar-refractivity contribution is 5.77. The molecule has 3 heteroatoms. The van der Waals surface area contributed by atoms with Crippen molar-refractivity contribution in [2.45, 2.75) is 27.7 Å². The van der Waals surface area contributed by atoms with Crippen LogP contribution in [0.1, 0.15) is 38.1 Å². The normalized spacial score (nSPS) is 11.1. The van der Waals surface area contributed by atoms with Crippen molar-refractivity contribution >= 4 is 12.0 Å². The first-order valence-corrected chi connectivity index (χ1v) is 6.43. The summed E-state index contributed by atoms with van der Waals surface area (Å²) in [6, 6.07) is 4.51. The number of halogens is 1. The van der Waals surface area contributed by atoms with Crippen molar-refractivity contribution in [1.29, 1.82) is 0 Å². The number of aldehydes is 1. The zero-order valence-corrected chi connectivity index (χ0v) is 11.6. The molecule has 1 aromatic carbocycles. The maximum Gasteiger partial charge on any atom is 0.150 e. The number of hydrogen-bond donors (Lipinski definition) is 0. The molecule has 0 fully saturated rings. The van der Waals surface area contributed by atoms with Crippen LogP contribution in [0.3, 0.4) is 0 Å². The zero-order valence-electron chi connectivity index (χ0n) is 11.6. The lowest BCUT2D eigenvalue weighted by Gasteiger charge is -2.28. The summed E-state index contributed by atoms with van der Waals surface area (Å²) in [5, 5.41) is 0. The van der Waals surface area contributed by atoms with E-state index in [-0.39, 0.29) is 5.82 Å². The van der Waals surface area contributed by atoms with Crippen molar-refractivity contribution in [3.63, 3.8) is 0 Å². The van der Waals surface area contributed by atoms with Crippen LogP contribution in [0.5, 0.6) is 0 Å². The van der Waals surface area contributed by atoms with Crippen LogP contribution in [0.15, 0.2) is 18.2 Å². The molecule has 0 N–H and O–H groups in total. The number of benzene rings is 1. The highest BCUT2D eigenvalue weighted by Crippen LogP contribution is 2.20. The molecule has 0 aliphatic heterocycles. The largest absolute Gasteiger partial charge is 0.371 e. The summed E-state index contributed by atoms with van der Waals surface area (Å²) in [6.07, 6.45) is 0.690. The number of carbonyl (C=O) groups excluding carboxylic acids is 1. The van der Waals surface area contributed by atoms with Crippen LogP contribution in [-0.4, -0.2) is 19.4 Å². The van der Waals surface area contributed by atoms with Crippen molar-refractivity contribution < 1.29 is 9.18 Å². The Morgan fingerprint density at radius 2 is 1.67 bits per heavy atom. The third-order valence-corrected chi connectivity index (χ3v) is 2.58. The molecule has 0 saturated carbocycles. The van der Waals surface area contributed by atoms with Crippen LogP contribution in [0.2, 0.25) is 0 Å². The lowest BCUT2D eigenvalue weighted by atomic mass is 10.1. The van der Waals surface area contributed by atoms with E-state index >= 15 is 0 Å². The van der Waals surface area contributed by atoms with Gasteiger partial charge in [0.25, 0.3) is 0 Å². The molecule has 18 heavy (non-hydrogen) atoms. The van der Waals surface area contributed by atoms with Gasteiger partial charge in [-0.15, -0.1) is 0 Å². The lowest BCUT2D eigenvalue weighted by molar-refractivity contribution is 0.112. The van der Waals surface area contributed by atoms with E-state index in [1.165, 1.54) is 12.1 Å². The molecule has 0 atom stereocenters. The Hall–Kier alpha value is -1.38. The molecule has 0 heterocycles. The number of anilines is 1. The Morgan fingerprint density at radius 3 is 2.11 bits per heavy atom. The molecule has 100 valence electrons. The first-order valence-electron chi connectivity index (χ1n) is 6.43. The molecule has 0 spiro atoms. The van der Waals surface area contributed by atoms with Crippen LogP contribution in [0.25, 0.3) is 0 Å². The monoisotopic (exact) mass is 251 g/mol. The Morgan fingerprint density at radius 1 is 1.11 bits per heavy atom. The minimum absolute atomic E-state index is 0.355. The molecule has 0 aromatic heterocycles. The van der Waals surface area contributed by atoms with Gasteiger partial charge < -0.3 is 4.90 Å². The average Bonchev–Trinajstić information content (AvgIpc) is 2.26. The summed E-state index contributed by atoms with van der Waals surface area (Å²) in [7, 11) is 0. The van der Waals surface area contributed by atoms with Crippen LogP contribution in [-0.2, 0) is 0 Å². The van der Waals surface area contributed by atoms with Gasteiger partial charge in [0.05, 0.1) is 0 Å². The van der Waals surface area contributed by atoms with Gasteiger partial charge in [0, 0.05) is 24.3 Å². The van der Waals surface area contributed by atoms with Gasteiger partial charge in [-0.05, 0) is 30.0 Å². The summed E-state index contributed by atoms with van der Waals surface area (Å²) >= 11 is 0. The maximum absolute atomic E-state index is 13.5. The third-order valence-electron chi connectivity index (χ3n) is 2.58. The first kappa shape index (κ1) is 14.7.